The molecule has 1 unspecified atom stereocenters. The van der Waals surface area contributed by atoms with Gasteiger partial charge in [0.2, 0.25) is 0 Å². The second-order valence-corrected chi connectivity index (χ2v) is 7.09. The van der Waals surface area contributed by atoms with Crippen LogP contribution >= 0.6 is 0 Å². The van der Waals surface area contributed by atoms with Gasteiger partial charge >= 0.3 is 0 Å². The summed E-state index contributed by atoms with van der Waals surface area (Å²) in [5, 5.41) is 13.7. The molecule has 0 bridgehead atoms. The van der Waals surface area contributed by atoms with Crippen molar-refractivity contribution in [1.82, 2.24) is 5.32 Å². The second-order valence-electron chi connectivity index (χ2n) is 7.09. The van der Waals surface area contributed by atoms with Crippen molar-refractivity contribution >= 4 is 0 Å². The summed E-state index contributed by atoms with van der Waals surface area (Å²) in [5.41, 5.74) is 4.71. The monoisotopic (exact) mass is 283 g/mol. The molecule has 0 aromatic heterocycles. The maximum Gasteiger partial charge on any atom is 0.115 e. The summed E-state index contributed by atoms with van der Waals surface area (Å²) >= 11 is 0. The number of phenols is 1. The van der Waals surface area contributed by atoms with Gasteiger partial charge in [-0.05, 0) is 62.1 Å². The molecule has 21 heavy (non-hydrogen) atoms. The molecule has 0 saturated heterocycles. The van der Waals surface area contributed by atoms with E-state index in [-0.39, 0.29) is 0 Å². The molecule has 1 aliphatic heterocycles. The Morgan fingerprint density at radius 3 is 2.81 bits per heavy atom. The molecule has 1 fully saturated rings. The molecule has 0 radical (unpaired) electrons. The Labute approximate surface area is 127 Å². The molecular formula is C19H25NO. The summed E-state index contributed by atoms with van der Waals surface area (Å²) in [6.07, 6.45) is 10.7. The molecule has 3 aliphatic rings. The fourth-order valence-corrected chi connectivity index (χ4v) is 4.15. The van der Waals surface area contributed by atoms with Crippen molar-refractivity contribution in [3.8, 4) is 5.75 Å². The van der Waals surface area contributed by atoms with Crippen molar-refractivity contribution in [1.29, 1.82) is 0 Å². The zero-order valence-electron chi connectivity index (χ0n) is 12.6. The minimum absolute atomic E-state index is 0.386. The lowest BCUT2D eigenvalue weighted by Crippen LogP contribution is -2.40. The molecule has 2 nitrogen and oxygen atoms in total. The van der Waals surface area contributed by atoms with Gasteiger partial charge in [0.25, 0.3) is 0 Å². The molecule has 1 aromatic rings. The lowest BCUT2D eigenvalue weighted by atomic mass is 9.78. The number of nitrogens with one attached hydrogen (secondary N) is 1. The first-order chi connectivity index (χ1) is 10.3. The largest absolute Gasteiger partial charge is 0.508 e. The predicted molar refractivity (Wildman–Crippen MR) is 85.2 cm³/mol. The average Bonchev–Trinajstić information content (AvgIpc) is 3.31. The number of phenolic OH excluding ortho intramolecular Hbond substituents is 1. The number of hydrogen-bond donors (Lipinski definition) is 2. The van der Waals surface area contributed by atoms with Gasteiger partial charge in [-0.25, -0.2) is 0 Å². The Balaban J connectivity index is 1.61. The van der Waals surface area contributed by atoms with Crippen LogP contribution in [-0.2, 0) is 0 Å². The summed E-state index contributed by atoms with van der Waals surface area (Å²) in [4.78, 5) is 0. The van der Waals surface area contributed by atoms with Crippen molar-refractivity contribution < 1.29 is 5.11 Å². The standard InChI is InChI=1S/C19H25NO/c21-16-6-3-5-15(11-16)18-12-14-4-1-2-7-17(14)19(20-18)10-13-8-9-13/h3,5-6,11,13,18-21H,1-2,4,7-10,12H2/t18-,19?/m0/s1. The maximum absolute atomic E-state index is 9.76. The van der Waals surface area contributed by atoms with Gasteiger partial charge in [0.1, 0.15) is 5.75 Å². The summed E-state index contributed by atoms with van der Waals surface area (Å²) in [7, 11) is 0. The topological polar surface area (TPSA) is 32.3 Å². The molecule has 1 saturated carbocycles. The highest BCUT2D eigenvalue weighted by atomic mass is 16.3. The number of benzene rings is 1. The van der Waals surface area contributed by atoms with Crippen LogP contribution in [0.5, 0.6) is 5.75 Å². The molecular weight excluding hydrogens is 258 g/mol. The SMILES string of the molecule is Oc1cccc([C@@H]2CC3=C(CCCC3)C(CC3CC3)N2)c1. The van der Waals surface area contributed by atoms with Crippen LogP contribution in [0.4, 0.5) is 0 Å². The molecule has 112 valence electrons. The number of rotatable bonds is 3. The Kier molecular flexibility index (Phi) is 3.50. The fourth-order valence-electron chi connectivity index (χ4n) is 4.15. The lowest BCUT2D eigenvalue weighted by Gasteiger charge is -2.38. The Morgan fingerprint density at radius 1 is 1.14 bits per heavy atom. The van der Waals surface area contributed by atoms with E-state index >= 15 is 0 Å². The third kappa shape index (κ3) is 2.87. The highest BCUT2D eigenvalue weighted by Gasteiger charge is 2.34. The normalized spacial score (nSPS) is 29.3. The van der Waals surface area contributed by atoms with E-state index in [2.05, 4.69) is 11.4 Å². The van der Waals surface area contributed by atoms with Crippen LogP contribution in [0.25, 0.3) is 0 Å². The van der Waals surface area contributed by atoms with E-state index in [4.69, 9.17) is 0 Å². The first kappa shape index (κ1) is 13.4. The molecule has 4 rings (SSSR count). The van der Waals surface area contributed by atoms with Crippen LogP contribution in [0.2, 0.25) is 0 Å². The minimum Gasteiger partial charge on any atom is -0.508 e. The Morgan fingerprint density at radius 2 is 2.00 bits per heavy atom. The van der Waals surface area contributed by atoms with E-state index in [0.717, 1.165) is 12.3 Å². The summed E-state index contributed by atoms with van der Waals surface area (Å²) in [5.74, 6) is 1.34. The van der Waals surface area contributed by atoms with Crippen molar-refractivity contribution in [2.24, 2.45) is 5.92 Å². The first-order valence-electron chi connectivity index (χ1n) is 8.55. The quantitative estimate of drug-likeness (QED) is 0.802. The minimum atomic E-state index is 0.386. The van der Waals surface area contributed by atoms with Gasteiger partial charge in [0.05, 0.1) is 0 Å². The molecule has 1 heterocycles. The van der Waals surface area contributed by atoms with Gasteiger partial charge in [-0.1, -0.05) is 36.1 Å². The van der Waals surface area contributed by atoms with Crippen LogP contribution in [0, 0.1) is 5.92 Å². The summed E-state index contributed by atoms with van der Waals surface area (Å²) in [6.45, 7) is 0. The molecule has 2 aliphatic carbocycles. The van der Waals surface area contributed by atoms with Gasteiger partial charge in [-0.15, -0.1) is 0 Å². The third-order valence-electron chi connectivity index (χ3n) is 5.44. The third-order valence-corrected chi connectivity index (χ3v) is 5.44. The van der Waals surface area contributed by atoms with Crippen molar-refractivity contribution in [2.45, 2.75) is 63.5 Å². The van der Waals surface area contributed by atoms with Crippen molar-refractivity contribution in [3.63, 3.8) is 0 Å². The molecule has 0 spiro atoms. The van der Waals surface area contributed by atoms with Crippen LogP contribution < -0.4 is 5.32 Å². The van der Waals surface area contributed by atoms with Crippen LogP contribution in [0.3, 0.4) is 0 Å². The van der Waals surface area contributed by atoms with Gasteiger partial charge in [0, 0.05) is 12.1 Å². The highest BCUT2D eigenvalue weighted by Crippen LogP contribution is 2.43. The van der Waals surface area contributed by atoms with Crippen LogP contribution in [0.1, 0.15) is 63.0 Å². The summed E-state index contributed by atoms with van der Waals surface area (Å²) in [6, 6.07) is 8.79. The first-order valence-corrected chi connectivity index (χ1v) is 8.55. The van der Waals surface area contributed by atoms with E-state index in [1.54, 1.807) is 17.2 Å². The number of aromatic hydroxyl groups is 1. The Hall–Kier alpha value is -1.28. The van der Waals surface area contributed by atoms with E-state index in [0.29, 0.717) is 17.8 Å². The van der Waals surface area contributed by atoms with Crippen LogP contribution in [-0.4, -0.2) is 11.1 Å². The van der Waals surface area contributed by atoms with Gasteiger partial charge in [-0.3, -0.25) is 0 Å². The average molecular weight is 283 g/mol. The van der Waals surface area contributed by atoms with E-state index in [1.807, 2.05) is 12.1 Å². The van der Waals surface area contributed by atoms with Crippen LogP contribution in [0.15, 0.2) is 35.4 Å². The molecule has 2 N–H and O–H groups in total. The van der Waals surface area contributed by atoms with E-state index in [1.165, 1.54) is 50.5 Å². The number of hydrogen-bond acceptors (Lipinski definition) is 2. The molecule has 2 atom stereocenters. The highest BCUT2D eigenvalue weighted by molar-refractivity contribution is 5.34. The lowest BCUT2D eigenvalue weighted by molar-refractivity contribution is 0.374. The summed E-state index contributed by atoms with van der Waals surface area (Å²) < 4.78 is 0. The molecule has 2 heteroatoms. The molecule has 1 aromatic carbocycles. The van der Waals surface area contributed by atoms with Crippen molar-refractivity contribution in [2.75, 3.05) is 0 Å². The van der Waals surface area contributed by atoms with Gasteiger partial charge in [0.15, 0.2) is 0 Å². The zero-order valence-corrected chi connectivity index (χ0v) is 12.6. The van der Waals surface area contributed by atoms with Crippen molar-refractivity contribution in [3.05, 3.63) is 41.0 Å². The maximum atomic E-state index is 9.76. The zero-order chi connectivity index (χ0) is 14.2. The smallest absolute Gasteiger partial charge is 0.115 e. The predicted octanol–water partition coefficient (Wildman–Crippen LogP) is 4.47. The van der Waals surface area contributed by atoms with Gasteiger partial charge < -0.3 is 10.4 Å². The van der Waals surface area contributed by atoms with E-state index < -0.39 is 0 Å². The Bertz CT molecular complexity index is 558. The fraction of sp³-hybridized carbons (Fsp3) is 0.579. The molecule has 0 amide bonds. The van der Waals surface area contributed by atoms with E-state index in [9.17, 15) is 5.11 Å². The van der Waals surface area contributed by atoms with Gasteiger partial charge in [-0.2, -0.15) is 0 Å². The second kappa shape index (κ2) is 5.49.